The van der Waals surface area contributed by atoms with Crippen LogP contribution in [0.5, 0.6) is 0 Å². The fourth-order valence-electron chi connectivity index (χ4n) is 1.95. The summed E-state index contributed by atoms with van der Waals surface area (Å²) in [5.74, 6) is 0.0303. The lowest BCUT2D eigenvalue weighted by Crippen LogP contribution is -2.41. The van der Waals surface area contributed by atoms with Gasteiger partial charge in [-0.25, -0.2) is 9.18 Å². The Morgan fingerprint density at radius 3 is 2.95 bits per heavy atom. The van der Waals surface area contributed by atoms with E-state index in [-0.39, 0.29) is 18.4 Å². The van der Waals surface area contributed by atoms with Crippen molar-refractivity contribution in [2.45, 2.75) is 25.5 Å². The zero-order valence-corrected chi connectivity index (χ0v) is 11.0. The van der Waals surface area contributed by atoms with Crippen LogP contribution < -0.4 is 5.32 Å². The van der Waals surface area contributed by atoms with Crippen molar-refractivity contribution in [1.29, 1.82) is 0 Å². The summed E-state index contributed by atoms with van der Waals surface area (Å²) < 4.78 is 13.0. The summed E-state index contributed by atoms with van der Waals surface area (Å²) in [6.07, 6.45) is 1.64. The van der Waals surface area contributed by atoms with E-state index in [1.807, 2.05) is 0 Å². The Kier molecular flexibility index (Phi) is 4.37. The number of hydrogen-bond donors (Lipinski definition) is 2. The predicted molar refractivity (Wildman–Crippen MR) is 70.0 cm³/mol. The molecule has 0 radical (unpaired) electrons. The first-order valence-corrected chi connectivity index (χ1v) is 6.47. The highest BCUT2D eigenvalue weighted by Gasteiger charge is 2.31. The molecule has 19 heavy (non-hydrogen) atoms. The van der Waals surface area contributed by atoms with Gasteiger partial charge in [0.2, 0.25) is 0 Å². The van der Waals surface area contributed by atoms with Gasteiger partial charge in [0.25, 0.3) is 0 Å². The molecule has 2 N–H and O–H groups in total. The molecule has 0 saturated heterocycles. The number of likely N-dealkylation sites (N-methyl/N-ethyl adjacent to an activating group) is 1. The minimum absolute atomic E-state index is 0.260. The van der Waals surface area contributed by atoms with Crippen LogP contribution in [-0.4, -0.2) is 35.7 Å². The zero-order chi connectivity index (χ0) is 13.8. The Balaban J connectivity index is 1.76. The van der Waals surface area contributed by atoms with E-state index in [0.29, 0.717) is 18.0 Å². The molecule has 1 unspecified atom stereocenters. The van der Waals surface area contributed by atoms with Gasteiger partial charge in [0, 0.05) is 20.1 Å². The van der Waals surface area contributed by atoms with Crippen molar-refractivity contribution in [3.05, 3.63) is 35.6 Å². The molecule has 0 heterocycles. The Hall–Kier alpha value is -1.62. The summed E-state index contributed by atoms with van der Waals surface area (Å²) in [6, 6.07) is 5.85. The first kappa shape index (κ1) is 13.8. The Labute approximate surface area is 112 Å². The minimum Gasteiger partial charge on any atom is -0.391 e. The molecular formula is C14H19FN2O2. The Morgan fingerprint density at radius 2 is 2.32 bits per heavy atom. The SMILES string of the molecule is CN(CC(O)C1CC1)C(=O)NCc1cccc(F)c1. The highest BCUT2D eigenvalue weighted by Crippen LogP contribution is 2.32. The molecule has 1 aromatic carbocycles. The number of halogens is 1. The van der Waals surface area contributed by atoms with Crippen LogP contribution in [0.15, 0.2) is 24.3 Å². The molecule has 1 saturated carbocycles. The second kappa shape index (κ2) is 6.02. The molecule has 1 atom stereocenters. The third kappa shape index (κ3) is 4.21. The van der Waals surface area contributed by atoms with E-state index in [0.717, 1.165) is 12.8 Å². The van der Waals surface area contributed by atoms with Crippen LogP contribution in [0.4, 0.5) is 9.18 Å². The van der Waals surface area contributed by atoms with E-state index >= 15 is 0 Å². The van der Waals surface area contributed by atoms with Crippen LogP contribution in [0.2, 0.25) is 0 Å². The van der Waals surface area contributed by atoms with Gasteiger partial charge in [0.15, 0.2) is 0 Å². The van der Waals surface area contributed by atoms with Gasteiger partial charge in [-0.15, -0.1) is 0 Å². The van der Waals surface area contributed by atoms with Crippen molar-refractivity contribution in [3.8, 4) is 0 Å². The summed E-state index contributed by atoms with van der Waals surface area (Å²) in [5, 5.41) is 12.5. The molecule has 2 amide bonds. The largest absolute Gasteiger partial charge is 0.391 e. The van der Waals surface area contributed by atoms with Gasteiger partial charge in [0.05, 0.1) is 6.10 Å². The van der Waals surface area contributed by atoms with Crippen LogP contribution in [0, 0.1) is 11.7 Å². The molecule has 1 aliphatic carbocycles. The minimum atomic E-state index is -0.440. The molecule has 0 aromatic heterocycles. The fourth-order valence-corrected chi connectivity index (χ4v) is 1.95. The van der Waals surface area contributed by atoms with Gasteiger partial charge in [-0.3, -0.25) is 0 Å². The smallest absolute Gasteiger partial charge is 0.317 e. The summed E-state index contributed by atoms with van der Waals surface area (Å²) in [5.41, 5.74) is 0.712. The van der Waals surface area contributed by atoms with Gasteiger partial charge < -0.3 is 15.3 Å². The molecule has 1 aromatic rings. The van der Waals surface area contributed by atoms with Gasteiger partial charge in [-0.1, -0.05) is 12.1 Å². The van der Waals surface area contributed by atoms with Gasteiger partial charge in [0.1, 0.15) is 5.82 Å². The quantitative estimate of drug-likeness (QED) is 0.853. The van der Waals surface area contributed by atoms with E-state index in [9.17, 15) is 14.3 Å². The number of urea groups is 1. The van der Waals surface area contributed by atoms with E-state index in [1.54, 1.807) is 19.2 Å². The number of aliphatic hydroxyl groups excluding tert-OH is 1. The maximum atomic E-state index is 13.0. The van der Waals surface area contributed by atoms with E-state index in [4.69, 9.17) is 0 Å². The molecule has 0 aliphatic heterocycles. The number of benzene rings is 1. The number of hydrogen-bond acceptors (Lipinski definition) is 2. The van der Waals surface area contributed by atoms with Crippen molar-refractivity contribution < 1.29 is 14.3 Å². The van der Waals surface area contributed by atoms with Crippen molar-refractivity contribution in [3.63, 3.8) is 0 Å². The second-order valence-corrected chi connectivity index (χ2v) is 5.07. The van der Waals surface area contributed by atoms with Crippen molar-refractivity contribution in [2.24, 2.45) is 5.92 Å². The van der Waals surface area contributed by atoms with Crippen molar-refractivity contribution >= 4 is 6.03 Å². The topological polar surface area (TPSA) is 52.6 Å². The van der Waals surface area contributed by atoms with Crippen LogP contribution in [-0.2, 0) is 6.54 Å². The third-order valence-corrected chi connectivity index (χ3v) is 3.31. The lowest BCUT2D eigenvalue weighted by Gasteiger charge is -2.21. The molecule has 104 valence electrons. The number of amides is 2. The van der Waals surface area contributed by atoms with Gasteiger partial charge in [-0.05, 0) is 36.5 Å². The predicted octanol–water partition coefficient (Wildman–Crippen LogP) is 1.74. The summed E-state index contributed by atoms with van der Waals surface area (Å²) >= 11 is 0. The normalized spacial score (nSPS) is 15.9. The lowest BCUT2D eigenvalue weighted by molar-refractivity contribution is 0.113. The van der Waals surface area contributed by atoms with Gasteiger partial charge >= 0.3 is 6.03 Å². The molecule has 5 heteroatoms. The fraction of sp³-hybridized carbons (Fsp3) is 0.500. The summed E-state index contributed by atoms with van der Waals surface area (Å²) in [4.78, 5) is 13.3. The van der Waals surface area contributed by atoms with Crippen LogP contribution in [0.1, 0.15) is 18.4 Å². The molecular weight excluding hydrogens is 247 g/mol. The molecule has 1 aliphatic rings. The number of carbonyl (C=O) groups excluding carboxylic acids is 1. The number of rotatable bonds is 5. The number of nitrogens with one attached hydrogen (secondary N) is 1. The van der Waals surface area contributed by atoms with Gasteiger partial charge in [-0.2, -0.15) is 0 Å². The standard InChI is InChI=1S/C14H19FN2O2/c1-17(9-13(18)11-5-6-11)14(19)16-8-10-3-2-4-12(15)7-10/h2-4,7,11,13,18H,5-6,8-9H2,1H3,(H,16,19). The lowest BCUT2D eigenvalue weighted by atomic mass is 10.2. The maximum absolute atomic E-state index is 13.0. The molecule has 4 nitrogen and oxygen atoms in total. The summed E-state index contributed by atoms with van der Waals surface area (Å²) in [7, 11) is 1.65. The molecule has 2 rings (SSSR count). The van der Waals surface area contributed by atoms with Crippen LogP contribution >= 0.6 is 0 Å². The second-order valence-electron chi connectivity index (χ2n) is 5.07. The molecule has 1 fully saturated rings. The Morgan fingerprint density at radius 1 is 1.58 bits per heavy atom. The average Bonchev–Trinajstić information content (AvgIpc) is 3.20. The van der Waals surface area contributed by atoms with Crippen LogP contribution in [0.25, 0.3) is 0 Å². The van der Waals surface area contributed by atoms with Crippen molar-refractivity contribution in [2.75, 3.05) is 13.6 Å². The first-order chi connectivity index (χ1) is 9.06. The number of nitrogens with zero attached hydrogens (tertiary/aromatic N) is 1. The average molecular weight is 266 g/mol. The molecule has 0 spiro atoms. The van der Waals surface area contributed by atoms with Crippen LogP contribution in [0.3, 0.4) is 0 Å². The van der Waals surface area contributed by atoms with E-state index < -0.39 is 6.10 Å². The van der Waals surface area contributed by atoms with E-state index in [1.165, 1.54) is 17.0 Å². The summed E-state index contributed by atoms with van der Waals surface area (Å²) in [6.45, 7) is 0.611. The highest BCUT2D eigenvalue weighted by molar-refractivity contribution is 5.73. The molecule has 0 bridgehead atoms. The maximum Gasteiger partial charge on any atom is 0.317 e. The van der Waals surface area contributed by atoms with E-state index in [2.05, 4.69) is 5.32 Å². The number of carbonyl (C=O) groups is 1. The Bertz CT molecular complexity index is 449. The monoisotopic (exact) mass is 266 g/mol. The zero-order valence-electron chi connectivity index (χ0n) is 11.0. The van der Waals surface area contributed by atoms with Crippen molar-refractivity contribution in [1.82, 2.24) is 10.2 Å². The third-order valence-electron chi connectivity index (χ3n) is 3.31. The number of aliphatic hydroxyl groups is 1. The highest BCUT2D eigenvalue weighted by atomic mass is 19.1. The first-order valence-electron chi connectivity index (χ1n) is 6.47.